The molecule has 1 aliphatic heterocycles. The van der Waals surface area contributed by atoms with Crippen LogP contribution >= 0.6 is 0 Å². The zero-order valence-corrected chi connectivity index (χ0v) is 18.1. The van der Waals surface area contributed by atoms with Gasteiger partial charge in [0, 0.05) is 38.3 Å². The highest BCUT2D eigenvalue weighted by molar-refractivity contribution is 5.51. The Morgan fingerprint density at radius 1 is 0.909 bits per heavy atom. The van der Waals surface area contributed by atoms with Crippen LogP contribution in [0.2, 0.25) is 0 Å². The summed E-state index contributed by atoms with van der Waals surface area (Å²) in [6.07, 6.45) is -2.42. The van der Waals surface area contributed by atoms with Crippen LogP contribution in [0.15, 0.2) is 60.7 Å². The molecule has 33 heavy (non-hydrogen) atoms. The van der Waals surface area contributed by atoms with Crippen molar-refractivity contribution < 1.29 is 13.2 Å². The van der Waals surface area contributed by atoms with E-state index >= 15 is 0 Å². The average Bonchev–Trinajstić information content (AvgIpc) is 2.79. The molecule has 0 saturated carbocycles. The Balaban J connectivity index is 1.31. The SMILES string of the molecule is Nc1nc(NCc2cccc(C(F)(F)F)c2)cc(NC2CCN(Cc3ccccc3)CC2)n1. The van der Waals surface area contributed by atoms with Crippen LogP contribution < -0.4 is 16.4 Å². The van der Waals surface area contributed by atoms with Crippen LogP contribution in [-0.4, -0.2) is 34.0 Å². The number of rotatable bonds is 7. The van der Waals surface area contributed by atoms with Gasteiger partial charge in [-0.15, -0.1) is 0 Å². The predicted molar refractivity (Wildman–Crippen MR) is 124 cm³/mol. The van der Waals surface area contributed by atoms with Crippen LogP contribution in [0.5, 0.6) is 0 Å². The fraction of sp³-hybridized carbons (Fsp3) is 0.333. The molecule has 0 spiro atoms. The number of hydrogen-bond donors (Lipinski definition) is 3. The normalized spacial score (nSPS) is 15.4. The molecular weight excluding hydrogens is 429 g/mol. The van der Waals surface area contributed by atoms with Crippen LogP contribution in [0.4, 0.5) is 30.8 Å². The Morgan fingerprint density at radius 3 is 2.33 bits per heavy atom. The van der Waals surface area contributed by atoms with E-state index in [0.717, 1.165) is 44.6 Å². The number of anilines is 3. The average molecular weight is 457 g/mol. The fourth-order valence-corrected chi connectivity index (χ4v) is 3.97. The van der Waals surface area contributed by atoms with Crippen molar-refractivity contribution in [2.45, 2.75) is 38.1 Å². The smallest absolute Gasteiger partial charge is 0.368 e. The number of aromatic nitrogens is 2. The lowest BCUT2D eigenvalue weighted by Gasteiger charge is -2.32. The number of nitrogens with one attached hydrogen (secondary N) is 2. The molecule has 2 aromatic carbocycles. The quantitative estimate of drug-likeness (QED) is 0.476. The number of benzene rings is 2. The minimum Gasteiger partial charge on any atom is -0.368 e. The highest BCUT2D eigenvalue weighted by atomic mass is 19.4. The van der Waals surface area contributed by atoms with Crippen LogP contribution in [0, 0.1) is 0 Å². The first-order chi connectivity index (χ1) is 15.8. The van der Waals surface area contributed by atoms with Gasteiger partial charge in [-0.3, -0.25) is 4.90 Å². The van der Waals surface area contributed by atoms with E-state index in [-0.39, 0.29) is 18.5 Å². The van der Waals surface area contributed by atoms with Crippen LogP contribution in [-0.2, 0) is 19.3 Å². The molecular formula is C24H27F3N6. The van der Waals surface area contributed by atoms with E-state index in [2.05, 4.69) is 49.8 Å². The van der Waals surface area contributed by atoms with Crippen molar-refractivity contribution in [3.05, 3.63) is 77.4 Å². The molecule has 174 valence electrons. The highest BCUT2D eigenvalue weighted by Crippen LogP contribution is 2.29. The summed E-state index contributed by atoms with van der Waals surface area (Å²) in [4.78, 5) is 10.9. The maximum atomic E-state index is 12.9. The van der Waals surface area contributed by atoms with E-state index in [1.807, 2.05) is 6.07 Å². The maximum absolute atomic E-state index is 12.9. The first-order valence-corrected chi connectivity index (χ1v) is 10.9. The van der Waals surface area contributed by atoms with E-state index in [0.29, 0.717) is 17.2 Å². The maximum Gasteiger partial charge on any atom is 0.416 e. The molecule has 0 bridgehead atoms. The van der Waals surface area contributed by atoms with Crippen molar-refractivity contribution in [1.29, 1.82) is 0 Å². The van der Waals surface area contributed by atoms with Crippen molar-refractivity contribution in [1.82, 2.24) is 14.9 Å². The number of halogens is 3. The number of alkyl halides is 3. The van der Waals surface area contributed by atoms with Crippen LogP contribution in [0.25, 0.3) is 0 Å². The molecule has 0 radical (unpaired) electrons. The van der Waals surface area contributed by atoms with Crippen LogP contribution in [0.1, 0.15) is 29.5 Å². The third-order valence-corrected chi connectivity index (χ3v) is 5.66. The number of nitrogens with zero attached hydrogens (tertiary/aromatic N) is 3. The molecule has 4 N–H and O–H groups in total. The number of likely N-dealkylation sites (tertiary alicyclic amines) is 1. The molecule has 9 heteroatoms. The summed E-state index contributed by atoms with van der Waals surface area (Å²) in [6, 6.07) is 17.6. The van der Waals surface area contributed by atoms with Gasteiger partial charge in [0.15, 0.2) is 0 Å². The summed E-state index contributed by atoms with van der Waals surface area (Å²) in [7, 11) is 0. The van der Waals surface area contributed by atoms with E-state index < -0.39 is 11.7 Å². The minimum atomic E-state index is -4.37. The van der Waals surface area contributed by atoms with Crippen molar-refractivity contribution in [3.8, 4) is 0 Å². The summed E-state index contributed by atoms with van der Waals surface area (Å²) in [5.74, 6) is 1.17. The molecule has 6 nitrogen and oxygen atoms in total. The van der Waals surface area contributed by atoms with Gasteiger partial charge < -0.3 is 16.4 Å². The van der Waals surface area contributed by atoms with Gasteiger partial charge in [0.25, 0.3) is 0 Å². The topological polar surface area (TPSA) is 79.1 Å². The predicted octanol–water partition coefficient (Wildman–Crippen LogP) is 4.77. The molecule has 1 aliphatic rings. The van der Waals surface area contributed by atoms with Gasteiger partial charge in [-0.25, -0.2) is 0 Å². The molecule has 4 rings (SSSR count). The minimum absolute atomic E-state index is 0.105. The Bertz CT molecular complexity index is 1050. The molecule has 0 unspecified atom stereocenters. The first-order valence-electron chi connectivity index (χ1n) is 10.9. The third kappa shape index (κ3) is 6.58. The Kier molecular flexibility index (Phi) is 6.98. The summed E-state index contributed by atoms with van der Waals surface area (Å²) in [5.41, 5.74) is 7.00. The first kappa shape index (κ1) is 22.8. The van der Waals surface area contributed by atoms with Crippen molar-refractivity contribution >= 4 is 17.6 Å². The zero-order chi connectivity index (χ0) is 23.3. The zero-order valence-electron chi connectivity index (χ0n) is 18.1. The fourth-order valence-electron chi connectivity index (χ4n) is 3.97. The lowest BCUT2D eigenvalue weighted by Crippen LogP contribution is -2.38. The second-order valence-electron chi connectivity index (χ2n) is 8.23. The van der Waals surface area contributed by atoms with E-state index in [4.69, 9.17) is 5.73 Å². The Hall–Kier alpha value is -3.33. The summed E-state index contributed by atoms with van der Waals surface area (Å²) in [5, 5.41) is 6.47. The molecule has 2 heterocycles. The molecule has 1 aromatic heterocycles. The van der Waals surface area contributed by atoms with Crippen molar-refractivity contribution in [2.75, 3.05) is 29.5 Å². The second-order valence-corrected chi connectivity index (χ2v) is 8.23. The standard InChI is InChI=1S/C24H27F3N6/c25-24(26,27)19-8-4-7-18(13-19)15-29-21-14-22(32-23(28)31-21)30-20-9-11-33(12-10-20)16-17-5-2-1-3-6-17/h1-8,13-14,20H,9-12,15-16H2,(H4,28,29,30,31,32). The van der Waals surface area contributed by atoms with Gasteiger partial charge >= 0.3 is 6.18 Å². The Morgan fingerprint density at radius 2 is 1.61 bits per heavy atom. The van der Waals surface area contributed by atoms with Gasteiger partial charge in [0.2, 0.25) is 5.95 Å². The van der Waals surface area contributed by atoms with Gasteiger partial charge in [-0.2, -0.15) is 23.1 Å². The largest absolute Gasteiger partial charge is 0.416 e. The highest BCUT2D eigenvalue weighted by Gasteiger charge is 2.30. The van der Waals surface area contributed by atoms with E-state index in [1.54, 1.807) is 12.1 Å². The number of piperidine rings is 1. The van der Waals surface area contributed by atoms with E-state index in [9.17, 15) is 13.2 Å². The lowest BCUT2D eigenvalue weighted by atomic mass is 10.0. The second kappa shape index (κ2) is 10.1. The van der Waals surface area contributed by atoms with Gasteiger partial charge in [-0.05, 0) is 36.1 Å². The van der Waals surface area contributed by atoms with Crippen LogP contribution in [0.3, 0.4) is 0 Å². The van der Waals surface area contributed by atoms with E-state index in [1.165, 1.54) is 11.6 Å². The summed E-state index contributed by atoms with van der Waals surface area (Å²) in [6.45, 7) is 3.09. The van der Waals surface area contributed by atoms with Crippen molar-refractivity contribution in [2.24, 2.45) is 0 Å². The summed E-state index contributed by atoms with van der Waals surface area (Å²) >= 11 is 0. The lowest BCUT2D eigenvalue weighted by molar-refractivity contribution is -0.137. The molecule has 0 amide bonds. The van der Waals surface area contributed by atoms with Gasteiger partial charge in [-0.1, -0.05) is 42.5 Å². The molecule has 0 atom stereocenters. The molecule has 3 aromatic rings. The monoisotopic (exact) mass is 456 g/mol. The third-order valence-electron chi connectivity index (χ3n) is 5.66. The number of hydrogen-bond acceptors (Lipinski definition) is 6. The van der Waals surface area contributed by atoms with Crippen molar-refractivity contribution in [3.63, 3.8) is 0 Å². The number of nitrogen functional groups attached to an aromatic ring is 1. The summed E-state index contributed by atoms with van der Waals surface area (Å²) < 4.78 is 38.8. The molecule has 0 aliphatic carbocycles. The Labute approximate surface area is 191 Å². The van der Waals surface area contributed by atoms with Gasteiger partial charge in [0.05, 0.1) is 5.56 Å². The molecule has 1 saturated heterocycles. The molecule has 1 fully saturated rings. The van der Waals surface area contributed by atoms with Gasteiger partial charge in [0.1, 0.15) is 11.6 Å². The number of nitrogens with two attached hydrogens (primary N) is 1.